The fraction of sp³-hybridized carbons (Fsp3) is 0.286. The number of benzene rings is 1. The van der Waals surface area contributed by atoms with Gasteiger partial charge in [0, 0.05) is 5.69 Å². The van der Waals surface area contributed by atoms with Crippen LogP contribution in [-0.4, -0.2) is 17.1 Å². The van der Waals surface area contributed by atoms with Crippen LogP contribution in [0.25, 0.3) is 5.69 Å². The molecule has 0 aliphatic heterocycles. The standard InChI is InChI=1S/C14H15NO3S/c1-4-18-13(16)12-10(3)15(14(17)19-12)11-8-6-5-7-9(11)2/h5-8H,4H2,1-3H3. The molecule has 0 N–H and O–H groups in total. The number of rotatable bonds is 3. The van der Waals surface area contributed by atoms with Crippen molar-refractivity contribution in [3.05, 3.63) is 50.1 Å². The second kappa shape index (κ2) is 5.40. The quantitative estimate of drug-likeness (QED) is 0.810. The monoisotopic (exact) mass is 277 g/mol. The Bertz CT molecular complexity index is 670. The Morgan fingerprint density at radius 1 is 1.32 bits per heavy atom. The normalized spacial score (nSPS) is 10.5. The molecule has 0 aliphatic rings. The molecule has 0 aliphatic carbocycles. The van der Waals surface area contributed by atoms with Crippen LogP contribution in [0.1, 0.15) is 27.9 Å². The first kappa shape index (κ1) is 13.5. The van der Waals surface area contributed by atoms with Crippen molar-refractivity contribution < 1.29 is 9.53 Å². The average molecular weight is 277 g/mol. The highest BCUT2D eigenvalue weighted by molar-refractivity contribution is 7.11. The molecule has 0 radical (unpaired) electrons. The number of aryl methyl sites for hydroxylation is 1. The zero-order valence-corrected chi connectivity index (χ0v) is 11.9. The maximum atomic E-state index is 12.1. The molecule has 1 aromatic heterocycles. The van der Waals surface area contributed by atoms with Crippen molar-refractivity contribution in [1.29, 1.82) is 0 Å². The van der Waals surface area contributed by atoms with E-state index in [1.807, 2.05) is 31.2 Å². The number of thiazole rings is 1. The van der Waals surface area contributed by atoms with Gasteiger partial charge in [0.2, 0.25) is 0 Å². The number of carbonyl (C=O) groups excluding carboxylic acids is 1. The highest BCUT2D eigenvalue weighted by Crippen LogP contribution is 2.20. The fourth-order valence-electron chi connectivity index (χ4n) is 1.92. The summed E-state index contributed by atoms with van der Waals surface area (Å²) < 4.78 is 6.52. The van der Waals surface area contributed by atoms with E-state index in [2.05, 4.69) is 0 Å². The second-order valence-electron chi connectivity index (χ2n) is 4.12. The molecule has 0 amide bonds. The lowest BCUT2D eigenvalue weighted by atomic mass is 10.2. The van der Waals surface area contributed by atoms with Gasteiger partial charge in [-0.3, -0.25) is 9.36 Å². The van der Waals surface area contributed by atoms with Crippen LogP contribution in [0.3, 0.4) is 0 Å². The highest BCUT2D eigenvalue weighted by atomic mass is 32.1. The molecule has 0 fully saturated rings. The van der Waals surface area contributed by atoms with Crippen molar-refractivity contribution in [1.82, 2.24) is 4.57 Å². The number of carbonyl (C=O) groups is 1. The molecule has 2 rings (SSSR count). The summed E-state index contributed by atoms with van der Waals surface area (Å²) in [7, 11) is 0. The molecular weight excluding hydrogens is 262 g/mol. The zero-order valence-electron chi connectivity index (χ0n) is 11.1. The largest absolute Gasteiger partial charge is 0.462 e. The fourth-order valence-corrected chi connectivity index (χ4v) is 2.81. The van der Waals surface area contributed by atoms with Crippen molar-refractivity contribution in [2.75, 3.05) is 6.61 Å². The van der Waals surface area contributed by atoms with Crippen LogP contribution in [0.4, 0.5) is 0 Å². The minimum Gasteiger partial charge on any atom is -0.462 e. The van der Waals surface area contributed by atoms with Gasteiger partial charge in [0.25, 0.3) is 0 Å². The topological polar surface area (TPSA) is 48.3 Å². The Morgan fingerprint density at radius 3 is 2.63 bits per heavy atom. The summed E-state index contributed by atoms with van der Waals surface area (Å²) in [5.41, 5.74) is 2.42. The maximum absolute atomic E-state index is 12.1. The van der Waals surface area contributed by atoms with Gasteiger partial charge in [-0.1, -0.05) is 29.5 Å². The summed E-state index contributed by atoms with van der Waals surface area (Å²) in [6, 6.07) is 7.59. The minimum atomic E-state index is -0.436. The number of hydrogen-bond acceptors (Lipinski definition) is 4. The van der Waals surface area contributed by atoms with Gasteiger partial charge in [-0.2, -0.15) is 0 Å². The third-order valence-electron chi connectivity index (χ3n) is 2.85. The van der Waals surface area contributed by atoms with Gasteiger partial charge in [0.05, 0.1) is 12.3 Å². The summed E-state index contributed by atoms with van der Waals surface area (Å²) in [6.45, 7) is 5.74. The van der Waals surface area contributed by atoms with E-state index < -0.39 is 5.97 Å². The second-order valence-corrected chi connectivity index (χ2v) is 5.09. The van der Waals surface area contributed by atoms with Crippen molar-refractivity contribution >= 4 is 17.3 Å². The van der Waals surface area contributed by atoms with Gasteiger partial charge in [0.1, 0.15) is 4.88 Å². The number of nitrogens with zero attached hydrogens (tertiary/aromatic N) is 1. The molecular formula is C14H15NO3S. The minimum absolute atomic E-state index is 0.171. The summed E-state index contributed by atoms with van der Waals surface area (Å²) in [5, 5.41) is 0. The molecule has 0 spiro atoms. The first-order valence-electron chi connectivity index (χ1n) is 6.01. The van der Waals surface area contributed by atoms with Crippen molar-refractivity contribution in [3.8, 4) is 5.69 Å². The van der Waals surface area contributed by atoms with E-state index in [1.165, 1.54) is 0 Å². The van der Waals surface area contributed by atoms with Crippen LogP contribution in [0.5, 0.6) is 0 Å². The van der Waals surface area contributed by atoms with E-state index >= 15 is 0 Å². The lowest BCUT2D eigenvalue weighted by molar-refractivity contribution is 0.0531. The van der Waals surface area contributed by atoms with Gasteiger partial charge < -0.3 is 4.74 Å². The summed E-state index contributed by atoms with van der Waals surface area (Å²) >= 11 is 0.925. The van der Waals surface area contributed by atoms with E-state index in [-0.39, 0.29) is 4.87 Å². The van der Waals surface area contributed by atoms with Crippen LogP contribution < -0.4 is 4.87 Å². The average Bonchev–Trinajstić information content (AvgIpc) is 2.66. The lowest BCUT2D eigenvalue weighted by Gasteiger charge is -2.08. The van der Waals surface area contributed by atoms with Crippen LogP contribution in [0.15, 0.2) is 29.1 Å². The smallest absolute Gasteiger partial charge is 0.350 e. The summed E-state index contributed by atoms with van der Waals surface area (Å²) in [4.78, 5) is 24.1. The van der Waals surface area contributed by atoms with Crippen molar-refractivity contribution in [2.24, 2.45) is 0 Å². The van der Waals surface area contributed by atoms with Crippen LogP contribution >= 0.6 is 11.3 Å². The molecule has 0 unspecified atom stereocenters. The predicted molar refractivity (Wildman–Crippen MR) is 75.3 cm³/mol. The van der Waals surface area contributed by atoms with Gasteiger partial charge in [-0.05, 0) is 32.4 Å². The molecule has 2 aromatic rings. The van der Waals surface area contributed by atoms with Crippen molar-refractivity contribution in [2.45, 2.75) is 20.8 Å². The van der Waals surface area contributed by atoms with E-state index in [9.17, 15) is 9.59 Å². The SMILES string of the molecule is CCOC(=O)c1sc(=O)n(-c2ccccc2C)c1C. The van der Waals surface area contributed by atoms with Gasteiger partial charge in [-0.25, -0.2) is 4.79 Å². The summed E-state index contributed by atoms with van der Waals surface area (Å²) in [6.07, 6.45) is 0. The zero-order chi connectivity index (χ0) is 14.0. The molecule has 0 saturated carbocycles. The van der Waals surface area contributed by atoms with E-state index in [0.717, 1.165) is 22.6 Å². The van der Waals surface area contributed by atoms with E-state index in [1.54, 1.807) is 18.4 Å². The molecule has 1 heterocycles. The van der Waals surface area contributed by atoms with Crippen LogP contribution in [0, 0.1) is 13.8 Å². The molecule has 0 bridgehead atoms. The molecule has 100 valence electrons. The van der Waals surface area contributed by atoms with E-state index in [4.69, 9.17) is 4.74 Å². The highest BCUT2D eigenvalue weighted by Gasteiger charge is 2.20. The molecule has 19 heavy (non-hydrogen) atoms. The Morgan fingerprint density at radius 2 is 2.00 bits per heavy atom. The van der Waals surface area contributed by atoms with Gasteiger partial charge in [-0.15, -0.1) is 0 Å². The Labute approximate surface area is 115 Å². The Kier molecular flexibility index (Phi) is 3.85. The lowest BCUT2D eigenvalue weighted by Crippen LogP contribution is -2.13. The van der Waals surface area contributed by atoms with Gasteiger partial charge >= 0.3 is 10.8 Å². The van der Waals surface area contributed by atoms with Crippen LogP contribution in [0.2, 0.25) is 0 Å². The Balaban J connectivity index is 2.58. The number of esters is 1. The first-order valence-corrected chi connectivity index (χ1v) is 6.83. The molecule has 0 atom stereocenters. The molecule has 1 aromatic carbocycles. The van der Waals surface area contributed by atoms with Crippen molar-refractivity contribution in [3.63, 3.8) is 0 Å². The van der Waals surface area contributed by atoms with Crippen LogP contribution in [-0.2, 0) is 4.74 Å². The third kappa shape index (κ3) is 2.46. The molecule has 4 nitrogen and oxygen atoms in total. The third-order valence-corrected chi connectivity index (χ3v) is 3.88. The number of hydrogen-bond donors (Lipinski definition) is 0. The molecule has 0 saturated heterocycles. The first-order chi connectivity index (χ1) is 9.06. The number of aromatic nitrogens is 1. The number of ether oxygens (including phenoxy) is 1. The van der Waals surface area contributed by atoms with Gasteiger partial charge in [0.15, 0.2) is 0 Å². The maximum Gasteiger partial charge on any atom is 0.350 e. The van der Waals surface area contributed by atoms with E-state index in [0.29, 0.717) is 17.2 Å². The summed E-state index contributed by atoms with van der Waals surface area (Å²) in [5.74, 6) is -0.436. The number of para-hydroxylation sites is 1. The molecule has 5 heteroatoms. The predicted octanol–water partition coefficient (Wildman–Crippen LogP) is 2.69. The Hall–Kier alpha value is -1.88.